The summed E-state index contributed by atoms with van der Waals surface area (Å²) in [7, 11) is 0. The Balaban J connectivity index is 1.67. The first-order valence-corrected chi connectivity index (χ1v) is 9.31. The molecule has 138 valence electrons. The van der Waals surface area contributed by atoms with Crippen LogP contribution in [0.2, 0.25) is 5.02 Å². The molecule has 0 bridgehead atoms. The molecule has 7 nitrogen and oxygen atoms in total. The summed E-state index contributed by atoms with van der Waals surface area (Å²) in [6, 6.07) is 12.2. The Morgan fingerprint density at radius 3 is 2.78 bits per heavy atom. The number of aromatic amines is 1. The first kappa shape index (κ1) is 18.9. The number of amides is 1. The maximum Gasteiger partial charge on any atom is 0.278 e. The maximum atomic E-state index is 12.3. The first-order valence-electron chi connectivity index (χ1n) is 7.94. The number of nitrogens with two attached hydrogens (primary N) is 1. The molecule has 4 N–H and O–H groups in total. The lowest BCUT2D eigenvalue weighted by Gasteiger charge is -2.08. The highest BCUT2D eigenvalue weighted by atomic mass is 35.5. The van der Waals surface area contributed by atoms with Gasteiger partial charge in [-0.05, 0) is 30.7 Å². The molecule has 0 atom stereocenters. The molecular weight excluding hydrogens is 386 g/mol. The maximum absolute atomic E-state index is 12.3. The van der Waals surface area contributed by atoms with Gasteiger partial charge in [-0.25, -0.2) is 0 Å². The average molecular weight is 402 g/mol. The average Bonchev–Trinajstić information content (AvgIpc) is 2.64. The molecule has 27 heavy (non-hydrogen) atoms. The van der Waals surface area contributed by atoms with Crippen molar-refractivity contribution in [2.24, 2.45) is 0 Å². The van der Waals surface area contributed by atoms with E-state index in [9.17, 15) is 9.59 Å². The van der Waals surface area contributed by atoms with Crippen LogP contribution in [-0.2, 0) is 4.79 Å². The molecule has 0 fully saturated rings. The van der Waals surface area contributed by atoms with Crippen LogP contribution in [0.1, 0.15) is 5.56 Å². The molecule has 1 aromatic heterocycles. The Bertz CT molecular complexity index is 1050. The van der Waals surface area contributed by atoms with Crippen LogP contribution in [0, 0.1) is 6.92 Å². The summed E-state index contributed by atoms with van der Waals surface area (Å²) in [5.41, 5.74) is 8.07. The number of nitrogen functional groups attached to an aromatic ring is 1. The number of thioether (sulfide) groups is 1. The molecule has 0 aliphatic carbocycles. The van der Waals surface area contributed by atoms with Crippen LogP contribution in [-0.4, -0.2) is 26.8 Å². The van der Waals surface area contributed by atoms with Crippen LogP contribution in [0.4, 0.5) is 11.4 Å². The van der Waals surface area contributed by atoms with Gasteiger partial charge in [0.05, 0.1) is 5.75 Å². The first-order chi connectivity index (χ1) is 12.9. The van der Waals surface area contributed by atoms with E-state index in [4.69, 9.17) is 17.3 Å². The third-order valence-corrected chi connectivity index (χ3v) is 4.80. The molecule has 0 saturated carbocycles. The number of nitrogens with zero attached hydrogens (tertiary/aromatic N) is 2. The van der Waals surface area contributed by atoms with Crippen molar-refractivity contribution in [3.63, 3.8) is 0 Å². The minimum atomic E-state index is -0.420. The number of carbonyl (C=O) groups excluding carboxylic acids is 1. The number of halogens is 1. The van der Waals surface area contributed by atoms with Gasteiger partial charge in [-0.2, -0.15) is 0 Å². The molecule has 1 amide bonds. The number of aryl methyl sites for hydroxylation is 1. The summed E-state index contributed by atoms with van der Waals surface area (Å²) in [6.45, 7) is 1.87. The number of anilines is 2. The third-order valence-electron chi connectivity index (χ3n) is 3.71. The number of aromatic nitrogens is 3. The highest BCUT2D eigenvalue weighted by Gasteiger charge is 2.12. The fraction of sp³-hybridized carbons (Fsp3) is 0.111. The molecule has 0 aliphatic rings. The summed E-state index contributed by atoms with van der Waals surface area (Å²) in [5, 5.41) is 11.5. The second-order valence-corrected chi connectivity index (χ2v) is 7.09. The fourth-order valence-corrected chi connectivity index (χ4v) is 3.10. The number of H-pyrrole nitrogens is 1. The highest BCUT2D eigenvalue weighted by molar-refractivity contribution is 7.99. The van der Waals surface area contributed by atoms with E-state index in [-0.39, 0.29) is 22.5 Å². The number of hydrogen-bond donors (Lipinski definition) is 3. The molecule has 3 aromatic rings. The van der Waals surface area contributed by atoms with Crippen LogP contribution in [0.5, 0.6) is 0 Å². The largest absolute Gasteiger partial charge is 0.398 e. The van der Waals surface area contributed by atoms with Gasteiger partial charge in [0, 0.05) is 22.0 Å². The second kappa shape index (κ2) is 8.24. The van der Waals surface area contributed by atoms with Gasteiger partial charge in [0.25, 0.3) is 5.56 Å². The van der Waals surface area contributed by atoms with E-state index >= 15 is 0 Å². The zero-order valence-electron chi connectivity index (χ0n) is 14.3. The Hall–Kier alpha value is -2.84. The topological polar surface area (TPSA) is 114 Å². The predicted octanol–water partition coefficient (Wildman–Crippen LogP) is 3.11. The van der Waals surface area contributed by atoms with Gasteiger partial charge < -0.3 is 11.1 Å². The molecule has 0 radical (unpaired) electrons. The van der Waals surface area contributed by atoms with Crippen molar-refractivity contribution in [2.45, 2.75) is 12.1 Å². The molecule has 0 spiro atoms. The number of hydrogen-bond acceptors (Lipinski definition) is 6. The monoisotopic (exact) mass is 401 g/mol. The van der Waals surface area contributed by atoms with E-state index in [1.807, 2.05) is 13.0 Å². The van der Waals surface area contributed by atoms with Gasteiger partial charge in [0.15, 0.2) is 10.9 Å². The Kier molecular flexibility index (Phi) is 5.78. The standard InChI is InChI=1S/C18H16ClN5O2S/c1-10-6-7-11(19)8-14(10)21-15(25)9-27-18-22-17(26)16(23-24-18)12-4-2-3-5-13(12)20/h2-8H,9,20H2,1H3,(H,21,25)(H,22,24,26). The van der Waals surface area contributed by atoms with Gasteiger partial charge in [-0.3, -0.25) is 14.6 Å². The minimum Gasteiger partial charge on any atom is -0.398 e. The third kappa shape index (κ3) is 4.66. The summed E-state index contributed by atoms with van der Waals surface area (Å²) < 4.78 is 0. The van der Waals surface area contributed by atoms with Crippen LogP contribution in [0.3, 0.4) is 0 Å². The van der Waals surface area contributed by atoms with Gasteiger partial charge in [-0.1, -0.05) is 47.6 Å². The van der Waals surface area contributed by atoms with Crippen molar-refractivity contribution in [3.05, 3.63) is 63.4 Å². The van der Waals surface area contributed by atoms with Crippen molar-refractivity contribution in [1.29, 1.82) is 0 Å². The van der Waals surface area contributed by atoms with E-state index < -0.39 is 5.56 Å². The quantitative estimate of drug-likeness (QED) is 0.447. The Labute approximate surface area is 164 Å². The van der Waals surface area contributed by atoms with E-state index in [2.05, 4.69) is 20.5 Å². The molecule has 3 rings (SSSR count). The minimum absolute atomic E-state index is 0.0589. The van der Waals surface area contributed by atoms with Crippen LogP contribution in [0.15, 0.2) is 52.4 Å². The second-order valence-electron chi connectivity index (χ2n) is 5.69. The highest BCUT2D eigenvalue weighted by Crippen LogP contribution is 2.22. The molecule has 0 saturated heterocycles. The van der Waals surface area contributed by atoms with Crippen LogP contribution < -0.4 is 16.6 Å². The Morgan fingerprint density at radius 1 is 1.26 bits per heavy atom. The van der Waals surface area contributed by atoms with Crippen molar-refractivity contribution in [1.82, 2.24) is 15.2 Å². The SMILES string of the molecule is Cc1ccc(Cl)cc1NC(=O)CSc1nnc(-c2ccccc2N)c(=O)[nH]1. The zero-order valence-corrected chi connectivity index (χ0v) is 15.9. The van der Waals surface area contributed by atoms with Crippen molar-refractivity contribution in [2.75, 3.05) is 16.8 Å². The fourth-order valence-electron chi connectivity index (χ4n) is 2.33. The smallest absolute Gasteiger partial charge is 0.278 e. The van der Waals surface area contributed by atoms with Crippen molar-refractivity contribution >= 4 is 40.6 Å². The molecule has 2 aromatic carbocycles. The summed E-state index contributed by atoms with van der Waals surface area (Å²) >= 11 is 7.02. The van der Waals surface area contributed by atoms with Gasteiger partial charge in [0.2, 0.25) is 5.91 Å². The van der Waals surface area contributed by atoms with E-state index in [0.29, 0.717) is 22.0 Å². The summed E-state index contributed by atoms with van der Waals surface area (Å²) in [4.78, 5) is 27.0. The Morgan fingerprint density at radius 2 is 2.04 bits per heavy atom. The van der Waals surface area contributed by atoms with Gasteiger partial charge in [-0.15, -0.1) is 10.2 Å². The normalized spacial score (nSPS) is 10.6. The van der Waals surface area contributed by atoms with Crippen LogP contribution >= 0.6 is 23.4 Å². The molecule has 0 aliphatic heterocycles. The lowest BCUT2D eigenvalue weighted by molar-refractivity contribution is -0.113. The van der Waals surface area contributed by atoms with E-state index in [1.165, 1.54) is 0 Å². The lowest BCUT2D eigenvalue weighted by Crippen LogP contribution is -2.17. The lowest BCUT2D eigenvalue weighted by atomic mass is 10.1. The number of rotatable bonds is 5. The number of nitrogens with one attached hydrogen (secondary N) is 2. The summed E-state index contributed by atoms with van der Waals surface area (Å²) in [6.07, 6.45) is 0. The van der Waals surface area contributed by atoms with E-state index in [1.54, 1.807) is 36.4 Å². The van der Waals surface area contributed by atoms with E-state index in [0.717, 1.165) is 17.3 Å². The number of carbonyl (C=O) groups is 1. The predicted molar refractivity (Wildman–Crippen MR) is 108 cm³/mol. The van der Waals surface area contributed by atoms with Gasteiger partial charge >= 0.3 is 0 Å². The molecule has 9 heteroatoms. The number of para-hydroxylation sites is 1. The molecular formula is C18H16ClN5O2S. The molecule has 1 heterocycles. The zero-order chi connectivity index (χ0) is 19.4. The van der Waals surface area contributed by atoms with Crippen molar-refractivity contribution < 1.29 is 4.79 Å². The summed E-state index contributed by atoms with van der Waals surface area (Å²) in [5.74, 6) is -0.187. The number of benzene rings is 2. The van der Waals surface area contributed by atoms with Gasteiger partial charge in [0.1, 0.15) is 0 Å². The van der Waals surface area contributed by atoms with Crippen LogP contribution in [0.25, 0.3) is 11.3 Å². The molecule has 0 unspecified atom stereocenters. The van der Waals surface area contributed by atoms with Crippen molar-refractivity contribution in [3.8, 4) is 11.3 Å².